The van der Waals surface area contributed by atoms with Crippen LogP contribution in [0.15, 0.2) is 6.07 Å². The van der Waals surface area contributed by atoms with Gasteiger partial charge in [-0.2, -0.15) is 0 Å². The first-order valence-corrected chi connectivity index (χ1v) is 3.57. The normalized spacial score (nSPS) is 10.0. The molecule has 0 aliphatic rings. The number of nitrogens with two attached hydrogens (primary N) is 1. The Balaban J connectivity index is 2.85. The SMILES string of the molecule is Cc1cc(CC(=N)N)c(C)[nH]1. The van der Waals surface area contributed by atoms with Crippen LogP contribution in [0.4, 0.5) is 0 Å². The molecule has 0 saturated carbocycles. The average molecular weight is 151 g/mol. The minimum Gasteiger partial charge on any atom is -0.387 e. The van der Waals surface area contributed by atoms with Crippen molar-refractivity contribution in [1.29, 1.82) is 5.41 Å². The molecule has 0 atom stereocenters. The molecule has 0 aliphatic heterocycles. The molecule has 3 nitrogen and oxygen atoms in total. The van der Waals surface area contributed by atoms with Crippen molar-refractivity contribution < 1.29 is 0 Å². The van der Waals surface area contributed by atoms with Crippen molar-refractivity contribution in [3.8, 4) is 0 Å². The van der Waals surface area contributed by atoms with Crippen LogP contribution < -0.4 is 5.73 Å². The molecule has 0 aliphatic carbocycles. The van der Waals surface area contributed by atoms with Crippen LogP contribution in [0.5, 0.6) is 0 Å². The molecule has 4 N–H and O–H groups in total. The fraction of sp³-hybridized carbons (Fsp3) is 0.375. The van der Waals surface area contributed by atoms with Crippen LogP contribution >= 0.6 is 0 Å². The van der Waals surface area contributed by atoms with Crippen molar-refractivity contribution in [1.82, 2.24) is 4.98 Å². The summed E-state index contributed by atoms with van der Waals surface area (Å²) in [4.78, 5) is 3.16. The Morgan fingerprint density at radius 2 is 2.27 bits per heavy atom. The van der Waals surface area contributed by atoms with E-state index in [1.807, 2.05) is 19.9 Å². The summed E-state index contributed by atoms with van der Waals surface area (Å²) in [5.41, 5.74) is 8.63. The monoisotopic (exact) mass is 151 g/mol. The summed E-state index contributed by atoms with van der Waals surface area (Å²) >= 11 is 0. The van der Waals surface area contributed by atoms with Crippen LogP contribution in [0, 0.1) is 19.3 Å². The largest absolute Gasteiger partial charge is 0.387 e. The number of rotatable bonds is 2. The predicted octanol–water partition coefficient (Wildman–Crippen LogP) is 1.11. The zero-order chi connectivity index (χ0) is 8.43. The molecule has 0 amide bonds. The van der Waals surface area contributed by atoms with Crippen LogP contribution in [0.3, 0.4) is 0 Å². The Bertz CT molecular complexity index is 273. The molecule has 1 aromatic heterocycles. The highest BCUT2D eigenvalue weighted by Crippen LogP contribution is 2.09. The van der Waals surface area contributed by atoms with Crippen LogP contribution in [0.2, 0.25) is 0 Å². The number of H-pyrrole nitrogens is 1. The fourth-order valence-electron chi connectivity index (χ4n) is 1.17. The lowest BCUT2D eigenvalue weighted by molar-refractivity contribution is 1.15. The van der Waals surface area contributed by atoms with E-state index in [0.717, 1.165) is 17.0 Å². The zero-order valence-electron chi connectivity index (χ0n) is 6.86. The van der Waals surface area contributed by atoms with Gasteiger partial charge in [-0.3, -0.25) is 5.41 Å². The second kappa shape index (κ2) is 2.78. The maximum atomic E-state index is 7.10. The Morgan fingerprint density at radius 3 is 2.64 bits per heavy atom. The number of hydrogen-bond acceptors (Lipinski definition) is 1. The molecule has 11 heavy (non-hydrogen) atoms. The van der Waals surface area contributed by atoms with E-state index in [-0.39, 0.29) is 5.84 Å². The Morgan fingerprint density at radius 1 is 1.64 bits per heavy atom. The van der Waals surface area contributed by atoms with E-state index in [0.29, 0.717) is 6.42 Å². The number of nitrogens with one attached hydrogen (secondary N) is 2. The lowest BCUT2D eigenvalue weighted by atomic mass is 10.2. The van der Waals surface area contributed by atoms with Gasteiger partial charge >= 0.3 is 0 Å². The number of aromatic nitrogens is 1. The number of aromatic amines is 1. The maximum absolute atomic E-state index is 7.10. The van der Waals surface area contributed by atoms with Gasteiger partial charge in [-0.25, -0.2) is 0 Å². The molecular weight excluding hydrogens is 138 g/mol. The average Bonchev–Trinajstić information content (AvgIpc) is 2.09. The van der Waals surface area contributed by atoms with E-state index < -0.39 is 0 Å². The van der Waals surface area contributed by atoms with Crippen molar-refractivity contribution in [2.24, 2.45) is 5.73 Å². The highest BCUT2D eigenvalue weighted by molar-refractivity contribution is 5.79. The van der Waals surface area contributed by atoms with E-state index in [1.54, 1.807) is 0 Å². The molecule has 60 valence electrons. The van der Waals surface area contributed by atoms with Crippen LogP contribution in [-0.2, 0) is 6.42 Å². The van der Waals surface area contributed by atoms with Crippen molar-refractivity contribution in [2.45, 2.75) is 20.3 Å². The van der Waals surface area contributed by atoms with E-state index >= 15 is 0 Å². The van der Waals surface area contributed by atoms with Gasteiger partial charge in [-0.15, -0.1) is 0 Å². The quantitative estimate of drug-likeness (QED) is 0.430. The third-order valence-corrected chi connectivity index (χ3v) is 1.64. The Labute approximate surface area is 66.1 Å². The van der Waals surface area contributed by atoms with Gasteiger partial charge in [0.25, 0.3) is 0 Å². The highest BCUT2D eigenvalue weighted by Gasteiger charge is 2.01. The van der Waals surface area contributed by atoms with Crippen LogP contribution in [-0.4, -0.2) is 10.8 Å². The summed E-state index contributed by atoms with van der Waals surface area (Å²) in [5, 5.41) is 7.10. The molecule has 0 saturated heterocycles. The molecule has 3 heteroatoms. The molecule has 0 radical (unpaired) electrons. The summed E-state index contributed by atoms with van der Waals surface area (Å²) in [6.45, 7) is 3.99. The van der Waals surface area contributed by atoms with Gasteiger partial charge in [-0.05, 0) is 25.5 Å². The van der Waals surface area contributed by atoms with Gasteiger partial charge in [-0.1, -0.05) is 0 Å². The first-order valence-electron chi connectivity index (χ1n) is 3.57. The second-order valence-corrected chi connectivity index (χ2v) is 2.80. The van der Waals surface area contributed by atoms with E-state index in [1.165, 1.54) is 0 Å². The van der Waals surface area contributed by atoms with E-state index in [2.05, 4.69) is 4.98 Å². The predicted molar refractivity (Wildman–Crippen MR) is 45.9 cm³/mol. The Kier molecular flexibility index (Phi) is 1.98. The Hall–Kier alpha value is -1.25. The van der Waals surface area contributed by atoms with Gasteiger partial charge in [0.15, 0.2) is 0 Å². The minimum absolute atomic E-state index is 0.215. The van der Waals surface area contributed by atoms with Crippen LogP contribution in [0.1, 0.15) is 17.0 Å². The third-order valence-electron chi connectivity index (χ3n) is 1.64. The minimum atomic E-state index is 0.215. The summed E-state index contributed by atoms with van der Waals surface area (Å²) in [7, 11) is 0. The van der Waals surface area contributed by atoms with Crippen LogP contribution in [0.25, 0.3) is 0 Å². The summed E-state index contributed by atoms with van der Waals surface area (Å²) in [6, 6.07) is 2.02. The molecule has 0 fully saturated rings. The summed E-state index contributed by atoms with van der Waals surface area (Å²) < 4.78 is 0. The lowest BCUT2D eigenvalue weighted by Crippen LogP contribution is -2.12. The van der Waals surface area contributed by atoms with Crippen molar-refractivity contribution in [2.75, 3.05) is 0 Å². The molecule has 0 spiro atoms. The lowest BCUT2D eigenvalue weighted by Gasteiger charge is -1.95. The molecular formula is C8H13N3. The first-order chi connectivity index (χ1) is 5.09. The van der Waals surface area contributed by atoms with Crippen molar-refractivity contribution >= 4 is 5.84 Å². The second-order valence-electron chi connectivity index (χ2n) is 2.80. The van der Waals surface area contributed by atoms with E-state index in [4.69, 9.17) is 11.1 Å². The van der Waals surface area contributed by atoms with E-state index in [9.17, 15) is 0 Å². The molecule has 1 aromatic rings. The van der Waals surface area contributed by atoms with Gasteiger partial charge in [0.05, 0.1) is 5.84 Å². The van der Waals surface area contributed by atoms with Gasteiger partial charge in [0.2, 0.25) is 0 Å². The number of aryl methyl sites for hydroxylation is 2. The maximum Gasteiger partial charge on any atom is 0.0950 e. The van der Waals surface area contributed by atoms with Gasteiger partial charge in [0, 0.05) is 17.8 Å². The summed E-state index contributed by atoms with van der Waals surface area (Å²) in [6.07, 6.45) is 0.552. The van der Waals surface area contributed by atoms with Gasteiger partial charge < -0.3 is 10.7 Å². The topological polar surface area (TPSA) is 65.7 Å². The van der Waals surface area contributed by atoms with Gasteiger partial charge in [0.1, 0.15) is 0 Å². The number of hydrogen-bond donors (Lipinski definition) is 3. The summed E-state index contributed by atoms with van der Waals surface area (Å²) in [5.74, 6) is 0.215. The molecule has 1 heterocycles. The van der Waals surface area contributed by atoms with Crippen molar-refractivity contribution in [3.05, 3.63) is 23.0 Å². The number of amidine groups is 1. The fourth-order valence-corrected chi connectivity index (χ4v) is 1.17. The molecule has 0 unspecified atom stereocenters. The zero-order valence-corrected chi connectivity index (χ0v) is 6.86. The standard InChI is InChI=1S/C8H13N3/c1-5-3-7(4-8(9)10)6(2)11-5/h3,11H,4H2,1-2H3,(H3,9,10). The highest BCUT2D eigenvalue weighted by atomic mass is 14.7. The smallest absolute Gasteiger partial charge is 0.0950 e. The first kappa shape index (κ1) is 7.85. The van der Waals surface area contributed by atoms with Crippen molar-refractivity contribution in [3.63, 3.8) is 0 Å². The molecule has 0 aromatic carbocycles. The molecule has 0 bridgehead atoms. The molecule has 1 rings (SSSR count). The third kappa shape index (κ3) is 1.83.